The molecular formula is C8H11BN2. The van der Waals surface area contributed by atoms with Crippen molar-refractivity contribution < 1.29 is 0 Å². The number of nitrogen functional groups attached to an aromatic ring is 1. The fraction of sp³-hybridized carbons (Fsp3) is 0.375. The molecule has 2 heterocycles. The predicted octanol–water partition coefficient (Wildman–Crippen LogP) is 0.965. The lowest BCUT2D eigenvalue weighted by atomic mass is 9.50. The minimum Gasteiger partial charge on any atom is -0.384 e. The molecule has 0 saturated heterocycles. The highest BCUT2D eigenvalue weighted by Gasteiger charge is 2.21. The fourth-order valence-corrected chi connectivity index (χ4v) is 1.69. The Morgan fingerprint density at radius 2 is 2.27 bits per heavy atom. The molecule has 56 valence electrons. The number of nitrogens with zero attached hydrogens (tertiary/aromatic N) is 1. The Balaban J connectivity index is 2.43. The lowest BCUT2D eigenvalue weighted by Crippen LogP contribution is -2.06. The molecule has 1 aromatic rings. The standard InChI is InChI=1S/C8H11BN2/c1-9-4-6-2-3-8(10)11-7(6)5-9/h2-3H,4-5H2,1H3,(H2,10,11). The first-order chi connectivity index (χ1) is 5.25. The molecule has 0 bridgehead atoms. The third-order valence-corrected chi connectivity index (χ3v) is 2.20. The summed E-state index contributed by atoms with van der Waals surface area (Å²) in [7, 11) is 0. The van der Waals surface area contributed by atoms with E-state index in [1.165, 1.54) is 17.6 Å². The number of rotatable bonds is 0. The quantitative estimate of drug-likeness (QED) is 0.553. The molecule has 0 atom stereocenters. The van der Waals surface area contributed by atoms with Crippen molar-refractivity contribution in [2.45, 2.75) is 19.5 Å². The number of aromatic nitrogens is 1. The van der Waals surface area contributed by atoms with E-state index in [0.717, 1.165) is 13.0 Å². The summed E-state index contributed by atoms with van der Waals surface area (Å²) in [6.07, 6.45) is 2.27. The van der Waals surface area contributed by atoms with E-state index in [0.29, 0.717) is 5.82 Å². The molecule has 2 nitrogen and oxygen atoms in total. The lowest BCUT2D eigenvalue weighted by molar-refractivity contribution is 1.16. The number of fused-ring (bicyclic) bond motifs is 1. The summed E-state index contributed by atoms with van der Waals surface area (Å²) in [5.74, 6) is 0.651. The summed E-state index contributed by atoms with van der Waals surface area (Å²) in [4.78, 5) is 4.28. The summed E-state index contributed by atoms with van der Waals surface area (Å²) in [6.45, 7) is 3.00. The van der Waals surface area contributed by atoms with Crippen LogP contribution in [0.5, 0.6) is 0 Å². The monoisotopic (exact) mass is 146 g/mol. The molecule has 0 fully saturated rings. The van der Waals surface area contributed by atoms with Crippen molar-refractivity contribution in [2.24, 2.45) is 0 Å². The zero-order valence-electron chi connectivity index (χ0n) is 6.67. The van der Waals surface area contributed by atoms with Gasteiger partial charge in [0.1, 0.15) is 12.5 Å². The van der Waals surface area contributed by atoms with Crippen molar-refractivity contribution >= 4 is 12.5 Å². The van der Waals surface area contributed by atoms with Crippen molar-refractivity contribution in [2.75, 3.05) is 5.73 Å². The van der Waals surface area contributed by atoms with Crippen LogP contribution in [0.25, 0.3) is 0 Å². The van der Waals surface area contributed by atoms with E-state index in [1.54, 1.807) is 0 Å². The van der Waals surface area contributed by atoms with Crippen molar-refractivity contribution in [3.05, 3.63) is 23.4 Å². The molecule has 0 saturated carbocycles. The van der Waals surface area contributed by atoms with Crippen LogP contribution in [0.3, 0.4) is 0 Å². The van der Waals surface area contributed by atoms with Gasteiger partial charge in [-0.2, -0.15) is 0 Å². The summed E-state index contributed by atoms with van der Waals surface area (Å²) >= 11 is 0. The first-order valence-electron chi connectivity index (χ1n) is 4.00. The van der Waals surface area contributed by atoms with Gasteiger partial charge in [0.05, 0.1) is 0 Å². The SMILES string of the molecule is CB1Cc2ccc(N)nc2C1. The second kappa shape index (κ2) is 2.26. The van der Waals surface area contributed by atoms with Crippen LogP contribution in [0, 0.1) is 0 Å². The fourth-order valence-electron chi connectivity index (χ4n) is 1.69. The maximum Gasteiger partial charge on any atom is 0.148 e. The molecule has 2 N–H and O–H groups in total. The Hall–Kier alpha value is -0.985. The zero-order chi connectivity index (χ0) is 7.84. The van der Waals surface area contributed by atoms with Gasteiger partial charge < -0.3 is 5.73 Å². The molecule has 1 aliphatic heterocycles. The lowest BCUT2D eigenvalue weighted by Gasteiger charge is -1.97. The number of hydrogen-bond acceptors (Lipinski definition) is 2. The molecule has 0 unspecified atom stereocenters. The molecule has 11 heavy (non-hydrogen) atoms. The number of pyridine rings is 1. The second-order valence-corrected chi connectivity index (χ2v) is 3.36. The zero-order valence-corrected chi connectivity index (χ0v) is 6.67. The maximum atomic E-state index is 5.57. The molecule has 0 amide bonds. The number of nitrogens with two attached hydrogens (primary N) is 1. The normalized spacial score (nSPS) is 15.2. The van der Waals surface area contributed by atoms with Gasteiger partial charge in [0.15, 0.2) is 0 Å². The van der Waals surface area contributed by atoms with Gasteiger partial charge in [-0.3, -0.25) is 0 Å². The van der Waals surface area contributed by atoms with E-state index < -0.39 is 0 Å². The van der Waals surface area contributed by atoms with E-state index in [2.05, 4.69) is 17.9 Å². The highest BCUT2D eigenvalue weighted by Crippen LogP contribution is 2.19. The van der Waals surface area contributed by atoms with Gasteiger partial charge in [0, 0.05) is 5.69 Å². The third-order valence-electron chi connectivity index (χ3n) is 2.20. The maximum absolute atomic E-state index is 5.57. The van der Waals surface area contributed by atoms with Crippen LogP contribution < -0.4 is 5.73 Å². The molecule has 0 aromatic carbocycles. The first-order valence-corrected chi connectivity index (χ1v) is 4.00. The number of anilines is 1. The molecular weight excluding hydrogens is 135 g/mol. The summed E-state index contributed by atoms with van der Waals surface area (Å²) in [6, 6.07) is 3.98. The summed E-state index contributed by atoms with van der Waals surface area (Å²) in [5, 5.41) is 0. The van der Waals surface area contributed by atoms with Gasteiger partial charge in [-0.25, -0.2) is 4.98 Å². The smallest absolute Gasteiger partial charge is 0.148 e. The van der Waals surface area contributed by atoms with E-state index in [9.17, 15) is 0 Å². The minimum atomic E-state index is 0.651. The first kappa shape index (κ1) is 6.71. The van der Waals surface area contributed by atoms with Gasteiger partial charge >= 0.3 is 0 Å². The average Bonchev–Trinajstić information content (AvgIpc) is 2.27. The molecule has 1 aliphatic rings. The molecule has 2 rings (SSSR count). The molecule has 0 radical (unpaired) electrons. The third kappa shape index (κ3) is 1.11. The topological polar surface area (TPSA) is 38.9 Å². The van der Waals surface area contributed by atoms with Crippen molar-refractivity contribution in [1.29, 1.82) is 0 Å². The Morgan fingerprint density at radius 3 is 3.09 bits per heavy atom. The van der Waals surface area contributed by atoms with Crippen LogP contribution in [0.2, 0.25) is 6.82 Å². The van der Waals surface area contributed by atoms with Crippen LogP contribution in [0.4, 0.5) is 5.82 Å². The summed E-state index contributed by atoms with van der Waals surface area (Å²) in [5.41, 5.74) is 8.15. The van der Waals surface area contributed by atoms with Crippen molar-refractivity contribution in [3.8, 4) is 0 Å². The Labute approximate surface area is 66.9 Å². The van der Waals surface area contributed by atoms with Gasteiger partial charge in [0.25, 0.3) is 0 Å². The predicted molar refractivity (Wildman–Crippen MR) is 47.7 cm³/mol. The Bertz CT molecular complexity index is 285. The molecule has 0 spiro atoms. The van der Waals surface area contributed by atoms with Crippen molar-refractivity contribution in [1.82, 2.24) is 4.98 Å². The molecule has 3 heteroatoms. The van der Waals surface area contributed by atoms with Gasteiger partial charge in [-0.1, -0.05) is 12.9 Å². The van der Waals surface area contributed by atoms with Crippen LogP contribution in [0.1, 0.15) is 11.3 Å². The Kier molecular flexibility index (Phi) is 1.38. The second-order valence-electron chi connectivity index (χ2n) is 3.36. The van der Waals surface area contributed by atoms with E-state index >= 15 is 0 Å². The van der Waals surface area contributed by atoms with Gasteiger partial charge in [-0.15, -0.1) is 0 Å². The largest absolute Gasteiger partial charge is 0.384 e. The van der Waals surface area contributed by atoms with Crippen LogP contribution in [-0.4, -0.2) is 11.7 Å². The molecule has 1 aromatic heterocycles. The highest BCUT2D eigenvalue weighted by atomic mass is 14.8. The van der Waals surface area contributed by atoms with Gasteiger partial charge in [-0.05, 0) is 24.3 Å². The average molecular weight is 146 g/mol. The van der Waals surface area contributed by atoms with E-state index in [1.807, 2.05) is 6.07 Å². The summed E-state index contributed by atoms with van der Waals surface area (Å²) < 4.78 is 0. The highest BCUT2D eigenvalue weighted by molar-refractivity contribution is 6.57. The van der Waals surface area contributed by atoms with Gasteiger partial charge in [0.2, 0.25) is 0 Å². The van der Waals surface area contributed by atoms with E-state index in [-0.39, 0.29) is 0 Å². The minimum absolute atomic E-state index is 0.651. The van der Waals surface area contributed by atoms with Crippen LogP contribution in [0.15, 0.2) is 12.1 Å². The van der Waals surface area contributed by atoms with Crippen LogP contribution in [-0.2, 0) is 12.6 Å². The van der Waals surface area contributed by atoms with E-state index in [4.69, 9.17) is 5.73 Å². The van der Waals surface area contributed by atoms with Crippen molar-refractivity contribution in [3.63, 3.8) is 0 Å². The van der Waals surface area contributed by atoms with Crippen LogP contribution >= 0.6 is 0 Å². The molecule has 0 aliphatic carbocycles. The number of hydrogen-bond donors (Lipinski definition) is 1. The Morgan fingerprint density at radius 1 is 1.45 bits per heavy atom.